The van der Waals surface area contributed by atoms with Crippen molar-refractivity contribution in [2.24, 2.45) is 0 Å². The van der Waals surface area contributed by atoms with Gasteiger partial charge in [-0.25, -0.2) is 28.8 Å². The van der Waals surface area contributed by atoms with Crippen LogP contribution in [0, 0.1) is 0 Å². The molecule has 0 saturated carbocycles. The zero-order valence-electron chi connectivity index (χ0n) is 16.4. The van der Waals surface area contributed by atoms with E-state index in [1.54, 1.807) is 0 Å². The highest BCUT2D eigenvalue weighted by Gasteiger charge is 2.08. The van der Waals surface area contributed by atoms with Gasteiger partial charge in [-0.05, 0) is 0 Å². The monoisotopic (exact) mass is 518 g/mol. The van der Waals surface area contributed by atoms with Crippen molar-refractivity contribution < 1.29 is 57.2 Å². The molecule has 0 aromatic heterocycles. The zero-order chi connectivity index (χ0) is 23.5. The van der Waals surface area contributed by atoms with Crippen LogP contribution in [0.1, 0.15) is 29.7 Å². The summed E-state index contributed by atoms with van der Waals surface area (Å²) in [6.07, 6.45) is -5.62. The molecule has 0 aliphatic heterocycles. The Hall–Kier alpha value is -4.38. The van der Waals surface area contributed by atoms with Crippen molar-refractivity contribution in [3.8, 4) is 0 Å². The topological polar surface area (TPSA) is 230 Å². The summed E-state index contributed by atoms with van der Waals surface area (Å²) in [5.41, 5.74) is 0. The fraction of sp³-hybridized carbons (Fsp3) is 0.647. The summed E-state index contributed by atoms with van der Waals surface area (Å²) >= 11 is 0. The Morgan fingerprint density at radius 1 is 0.429 bits per heavy atom. The van der Waals surface area contributed by atoms with Crippen LogP contribution in [-0.4, -0.2) is 84.4 Å². The minimum Gasteiger partial charge on any atom is -0.453 e. The number of hydrogen-bond donors (Lipinski definition) is 6. The molecule has 0 bridgehead atoms. The zero-order valence-corrected chi connectivity index (χ0v) is 16.4. The van der Waals surface area contributed by atoms with Crippen molar-refractivity contribution in [3.63, 3.8) is 0 Å². The van der Waals surface area contributed by atoms with Crippen molar-refractivity contribution in [3.05, 3.63) is 0 Å². The first-order valence-electron chi connectivity index (χ1n) is 8.04. The minimum absolute atomic E-state index is 0. The smallest absolute Gasteiger partial charge is 0.411 e. The molecule has 208 valence electrons. The van der Waals surface area contributed by atoms with E-state index < -0.39 is 56.8 Å². The number of ether oxygens (including phenoxy) is 6. The second-order valence-electron chi connectivity index (χ2n) is 4.54. The van der Waals surface area contributed by atoms with Crippen LogP contribution in [0.3, 0.4) is 0 Å². The standard InChI is InChI=1S/C13H22N6O12.4CH4/c1-26-8(20)14-3-16-10(22)28-6-30-12(24)18-5-19-13(25)31-7-29-11(23)17-4-15-9(21)27-2;;;;/h3-7H2,1-2H3,(H,14,20)(H,15,21)(H,16,22)(H,17,23)(H,18,24)(H,19,25);4*1H4. The van der Waals surface area contributed by atoms with E-state index in [-0.39, 0.29) is 43.0 Å². The minimum atomic E-state index is -1.05. The Balaban J connectivity index is -0.000000750. The van der Waals surface area contributed by atoms with Gasteiger partial charge in [-0.2, -0.15) is 0 Å². The number of rotatable bonds is 10. The Morgan fingerprint density at radius 3 is 0.829 bits per heavy atom. The molecular formula is C17H38N6O12. The van der Waals surface area contributed by atoms with Crippen LogP contribution in [0.15, 0.2) is 0 Å². The molecule has 0 aliphatic carbocycles. The molecular weight excluding hydrogens is 480 g/mol. The fourth-order valence-electron chi connectivity index (χ4n) is 1.19. The van der Waals surface area contributed by atoms with Gasteiger partial charge in [0.05, 0.1) is 34.2 Å². The summed E-state index contributed by atoms with van der Waals surface area (Å²) in [7, 11) is 2.27. The molecule has 0 atom stereocenters. The van der Waals surface area contributed by atoms with E-state index in [2.05, 4.69) is 60.3 Å². The molecule has 0 saturated heterocycles. The second-order valence-corrected chi connectivity index (χ2v) is 4.54. The Kier molecular flexibility index (Phi) is 30.3. The van der Waals surface area contributed by atoms with E-state index in [4.69, 9.17) is 0 Å². The molecule has 0 rings (SSSR count). The van der Waals surface area contributed by atoms with Crippen molar-refractivity contribution in [2.45, 2.75) is 29.7 Å². The van der Waals surface area contributed by atoms with Gasteiger partial charge < -0.3 is 60.3 Å². The molecule has 6 N–H and O–H groups in total. The molecule has 6 amide bonds. The molecule has 0 unspecified atom stereocenters. The first-order chi connectivity index (χ1) is 14.8. The average Bonchev–Trinajstić information content (AvgIpc) is 2.73. The van der Waals surface area contributed by atoms with Crippen LogP contribution in [0.4, 0.5) is 28.8 Å². The van der Waals surface area contributed by atoms with E-state index >= 15 is 0 Å². The van der Waals surface area contributed by atoms with E-state index in [0.717, 1.165) is 14.2 Å². The third kappa shape index (κ3) is 25.8. The maximum atomic E-state index is 11.3. The summed E-state index contributed by atoms with van der Waals surface area (Å²) in [6.45, 7) is -2.50. The summed E-state index contributed by atoms with van der Waals surface area (Å²) in [5.74, 6) is 0. The van der Waals surface area contributed by atoms with Crippen LogP contribution >= 0.6 is 0 Å². The lowest BCUT2D eigenvalue weighted by molar-refractivity contribution is 0.0220. The molecule has 0 aromatic rings. The number of carbonyl (C=O) groups is 6. The molecule has 0 aromatic carbocycles. The van der Waals surface area contributed by atoms with Crippen LogP contribution in [0.5, 0.6) is 0 Å². The summed E-state index contributed by atoms with van der Waals surface area (Å²) in [4.78, 5) is 66.4. The highest BCUT2D eigenvalue weighted by molar-refractivity contribution is 5.72. The van der Waals surface area contributed by atoms with Crippen LogP contribution in [0.2, 0.25) is 0 Å². The summed E-state index contributed by atoms with van der Waals surface area (Å²) in [5, 5.41) is 12.6. The average molecular weight is 519 g/mol. The highest BCUT2D eigenvalue weighted by Crippen LogP contribution is 1.84. The third-order valence-corrected chi connectivity index (χ3v) is 2.53. The van der Waals surface area contributed by atoms with Crippen molar-refractivity contribution in [1.82, 2.24) is 31.9 Å². The summed E-state index contributed by atoms with van der Waals surface area (Å²) in [6, 6.07) is 0. The van der Waals surface area contributed by atoms with Gasteiger partial charge in [-0.1, -0.05) is 29.7 Å². The first-order valence-corrected chi connectivity index (χ1v) is 8.04. The predicted octanol–water partition coefficient (Wildman–Crippen LogP) is 0.935. The molecule has 0 aliphatic rings. The Bertz CT molecular complexity index is 583. The predicted molar refractivity (Wildman–Crippen MR) is 121 cm³/mol. The third-order valence-electron chi connectivity index (χ3n) is 2.53. The Morgan fingerprint density at radius 2 is 0.629 bits per heavy atom. The van der Waals surface area contributed by atoms with Gasteiger partial charge in [0.15, 0.2) is 0 Å². The molecule has 0 fully saturated rings. The summed E-state index contributed by atoms with van der Waals surface area (Å²) < 4.78 is 26.4. The normalized spacial score (nSPS) is 8.06. The second kappa shape index (κ2) is 25.9. The van der Waals surface area contributed by atoms with Gasteiger partial charge in [-0.3, -0.25) is 0 Å². The maximum absolute atomic E-state index is 11.3. The van der Waals surface area contributed by atoms with Gasteiger partial charge in [0.1, 0.15) is 0 Å². The highest BCUT2D eigenvalue weighted by atomic mass is 16.7. The van der Waals surface area contributed by atoms with E-state index in [0.29, 0.717) is 0 Å². The van der Waals surface area contributed by atoms with Gasteiger partial charge in [0.25, 0.3) is 0 Å². The van der Waals surface area contributed by atoms with Crippen LogP contribution in [0.25, 0.3) is 0 Å². The first kappa shape index (κ1) is 40.9. The number of hydrogen-bond acceptors (Lipinski definition) is 12. The SMILES string of the molecule is C.C.C.C.COC(=O)NCNC(=O)OCOC(=O)NCNC(=O)OCOC(=O)NCNC(=O)OC. The number of methoxy groups -OCH3 is 2. The van der Waals surface area contributed by atoms with E-state index in [9.17, 15) is 28.8 Å². The molecule has 0 radical (unpaired) electrons. The van der Waals surface area contributed by atoms with Crippen molar-refractivity contribution in [2.75, 3.05) is 47.8 Å². The Labute approximate surface area is 204 Å². The molecule has 35 heavy (non-hydrogen) atoms. The molecule has 0 spiro atoms. The van der Waals surface area contributed by atoms with Gasteiger partial charge >= 0.3 is 36.6 Å². The van der Waals surface area contributed by atoms with Crippen molar-refractivity contribution in [1.29, 1.82) is 0 Å². The van der Waals surface area contributed by atoms with Gasteiger partial charge in [-0.15, -0.1) is 0 Å². The van der Waals surface area contributed by atoms with Crippen molar-refractivity contribution >= 4 is 36.6 Å². The number of nitrogens with one attached hydrogen (secondary N) is 6. The number of amides is 6. The molecule has 18 nitrogen and oxygen atoms in total. The molecule has 18 heteroatoms. The fourth-order valence-corrected chi connectivity index (χ4v) is 1.19. The van der Waals surface area contributed by atoms with Crippen LogP contribution in [-0.2, 0) is 28.4 Å². The maximum Gasteiger partial charge on any atom is 0.411 e. The van der Waals surface area contributed by atoms with Crippen LogP contribution < -0.4 is 31.9 Å². The van der Waals surface area contributed by atoms with E-state index in [1.165, 1.54) is 0 Å². The lowest BCUT2D eigenvalue weighted by Crippen LogP contribution is -2.40. The quantitative estimate of drug-likeness (QED) is 0.175. The number of carbonyl (C=O) groups excluding carboxylic acids is 6. The molecule has 0 heterocycles. The van der Waals surface area contributed by atoms with Gasteiger partial charge in [0, 0.05) is 0 Å². The largest absolute Gasteiger partial charge is 0.453 e. The lowest BCUT2D eigenvalue weighted by atomic mass is 10.9. The van der Waals surface area contributed by atoms with Gasteiger partial charge in [0.2, 0.25) is 13.6 Å². The number of alkyl carbamates (subject to hydrolysis) is 6. The van der Waals surface area contributed by atoms with E-state index in [1.807, 2.05) is 0 Å². The lowest BCUT2D eigenvalue weighted by Gasteiger charge is -2.10.